The maximum Gasteiger partial charge on any atom is 0.120 e. The highest BCUT2D eigenvalue weighted by molar-refractivity contribution is 5.37. The van der Waals surface area contributed by atoms with E-state index in [4.69, 9.17) is 0 Å². The van der Waals surface area contributed by atoms with Crippen molar-refractivity contribution in [2.75, 3.05) is 0 Å². The summed E-state index contributed by atoms with van der Waals surface area (Å²) in [7, 11) is 1.87. The topological polar surface area (TPSA) is 38.0 Å². The molecule has 0 spiro atoms. The van der Waals surface area contributed by atoms with E-state index in [2.05, 4.69) is 16.9 Å². The van der Waals surface area contributed by atoms with Crippen LogP contribution < -0.4 is 0 Å². The highest BCUT2D eigenvalue weighted by Gasteiger charge is 2.07. The third-order valence-electron chi connectivity index (χ3n) is 1.74. The lowest BCUT2D eigenvalue weighted by atomic mass is 10.1. The van der Waals surface area contributed by atoms with Crippen LogP contribution >= 0.6 is 0 Å². The summed E-state index contributed by atoms with van der Waals surface area (Å²) in [6, 6.07) is 0. The number of aryl methyl sites for hydroxylation is 2. The highest BCUT2D eigenvalue weighted by atomic mass is 16.3. The predicted molar refractivity (Wildman–Crippen MR) is 55.8 cm³/mol. The molecule has 1 rings (SSSR count). The van der Waals surface area contributed by atoms with Gasteiger partial charge in [0, 0.05) is 13.2 Å². The molecular weight excluding hydrogens is 176 g/mol. The minimum Gasteiger partial charge on any atom is -0.378 e. The first-order chi connectivity index (χ1) is 6.42. The SMILES string of the molecule is CCc1nn(C)cc1C#CC(C)(C)O. The van der Waals surface area contributed by atoms with Gasteiger partial charge in [0.15, 0.2) is 0 Å². The van der Waals surface area contributed by atoms with Crippen LogP contribution in [0.5, 0.6) is 0 Å². The molecule has 0 atom stereocenters. The van der Waals surface area contributed by atoms with Crippen LogP contribution in [-0.2, 0) is 13.5 Å². The summed E-state index contributed by atoms with van der Waals surface area (Å²) >= 11 is 0. The first kappa shape index (κ1) is 10.8. The molecule has 14 heavy (non-hydrogen) atoms. The average Bonchev–Trinajstić information content (AvgIpc) is 2.41. The van der Waals surface area contributed by atoms with Gasteiger partial charge in [-0.05, 0) is 20.3 Å². The van der Waals surface area contributed by atoms with Gasteiger partial charge in [0.1, 0.15) is 5.60 Å². The normalized spacial score (nSPS) is 10.9. The van der Waals surface area contributed by atoms with Crippen LogP contribution in [0, 0.1) is 11.8 Å². The number of hydrogen-bond acceptors (Lipinski definition) is 2. The molecule has 1 aromatic rings. The van der Waals surface area contributed by atoms with Gasteiger partial charge in [-0.15, -0.1) is 0 Å². The second kappa shape index (κ2) is 3.85. The third kappa shape index (κ3) is 2.90. The van der Waals surface area contributed by atoms with Crippen molar-refractivity contribution in [3.8, 4) is 11.8 Å². The van der Waals surface area contributed by atoms with E-state index in [1.165, 1.54) is 0 Å². The summed E-state index contributed by atoms with van der Waals surface area (Å²) in [5.41, 5.74) is 0.933. The predicted octanol–water partition coefficient (Wildman–Crippen LogP) is 1.10. The second-order valence-electron chi connectivity index (χ2n) is 3.83. The monoisotopic (exact) mass is 192 g/mol. The Morgan fingerprint density at radius 1 is 1.57 bits per heavy atom. The molecule has 76 valence electrons. The fraction of sp³-hybridized carbons (Fsp3) is 0.545. The molecule has 1 aromatic heterocycles. The minimum absolute atomic E-state index is 0.858. The first-order valence-electron chi connectivity index (χ1n) is 4.70. The van der Waals surface area contributed by atoms with Gasteiger partial charge in [-0.25, -0.2) is 0 Å². The van der Waals surface area contributed by atoms with Gasteiger partial charge >= 0.3 is 0 Å². The fourth-order valence-corrected chi connectivity index (χ4v) is 1.12. The summed E-state index contributed by atoms with van der Waals surface area (Å²) in [6.45, 7) is 5.38. The third-order valence-corrected chi connectivity index (χ3v) is 1.74. The summed E-state index contributed by atoms with van der Waals surface area (Å²) < 4.78 is 1.74. The Balaban J connectivity index is 3.00. The Morgan fingerprint density at radius 3 is 2.71 bits per heavy atom. The van der Waals surface area contributed by atoms with Crippen molar-refractivity contribution in [3.05, 3.63) is 17.5 Å². The quantitative estimate of drug-likeness (QED) is 0.677. The molecular formula is C11H16N2O. The molecule has 0 aliphatic heterocycles. The molecule has 0 aromatic carbocycles. The molecule has 0 amide bonds. The van der Waals surface area contributed by atoms with Gasteiger partial charge in [0.25, 0.3) is 0 Å². The maximum absolute atomic E-state index is 9.45. The molecule has 0 radical (unpaired) electrons. The Hall–Kier alpha value is -1.27. The van der Waals surface area contributed by atoms with Crippen molar-refractivity contribution in [1.82, 2.24) is 9.78 Å². The van der Waals surface area contributed by atoms with Crippen LogP contribution in [0.25, 0.3) is 0 Å². The molecule has 0 aliphatic rings. The molecule has 0 unspecified atom stereocenters. The molecule has 0 bridgehead atoms. The van der Waals surface area contributed by atoms with Crippen molar-refractivity contribution >= 4 is 0 Å². The largest absolute Gasteiger partial charge is 0.378 e. The van der Waals surface area contributed by atoms with Crippen molar-refractivity contribution in [3.63, 3.8) is 0 Å². The van der Waals surface area contributed by atoms with Crippen LogP contribution in [0.15, 0.2) is 6.20 Å². The van der Waals surface area contributed by atoms with Crippen molar-refractivity contribution in [2.45, 2.75) is 32.8 Å². The number of rotatable bonds is 1. The standard InChI is InChI=1S/C11H16N2O/c1-5-10-9(8-13(4)12-10)6-7-11(2,3)14/h8,14H,5H2,1-4H3. The lowest BCUT2D eigenvalue weighted by Crippen LogP contribution is -2.14. The first-order valence-corrected chi connectivity index (χ1v) is 4.70. The Labute approximate surface area is 84.8 Å². The lowest BCUT2D eigenvalue weighted by Gasteiger charge is -2.05. The van der Waals surface area contributed by atoms with Gasteiger partial charge in [0.2, 0.25) is 0 Å². The van der Waals surface area contributed by atoms with Crippen LogP contribution in [0.1, 0.15) is 32.0 Å². The van der Waals surface area contributed by atoms with Crippen molar-refractivity contribution in [2.24, 2.45) is 7.05 Å². The maximum atomic E-state index is 9.45. The van der Waals surface area contributed by atoms with Crippen LogP contribution in [0.4, 0.5) is 0 Å². The van der Waals surface area contributed by atoms with Crippen LogP contribution in [0.2, 0.25) is 0 Å². The van der Waals surface area contributed by atoms with E-state index in [0.717, 1.165) is 17.7 Å². The number of aliphatic hydroxyl groups is 1. The fourth-order valence-electron chi connectivity index (χ4n) is 1.12. The van der Waals surface area contributed by atoms with Crippen LogP contribution in [0.3, 0.4) is 0 Å². The molecule has 0 aliphatic carbocycles. The zero-order chi connectivity index (χ0) is 10.8. The molecule has 1 N–H and O–H groups in total. The van der Waals surface area contributed by atoms with Gasteiger partial charge in [-0.2, -0.15) is 5.10 Å². The highest BCUT2D eigenvalue weighted by Crippen LogP contribution is 2.06. The summed E-state index contributed by atoms with van der Waals surface area (Å²) in [6.07, 6.45) is 2.73. The summed E-state index contributed by atoms with van der Waals surface area (Å²) in [4.78, 5) is 0. The van der Waals surface area contributed by atoms with E-state index in [0.29, 0.717) is 0 Å². The van der Waals surface area contributed by atoms with E-state index in [1.54, 1.807) is 18.5 Å². The van der Waals surface area contributed by atoms with Gasteiger partial charge in [-0.1, -0.05) is 18.8 Å². The zero-order valence-electron chi connectivity index (χ0n) is 9.13. The number of nitrogens with zero attached hydrogens (tertiary/aromatic N) is 2. The lowest BCUT2D eigenvalue weighted by molar-refractivity contribution is 0.143. The molecule has 1 heterocycles. The summed E-state index contributed by atoms with van der Waals surface area (Å²) in [5, 5.41) is 13.7. The molecule has 0 fully saturated rings. The Morgan fingerprint density at radius 2 is 2.21 bits per heavy atom. The smallest absolute Gasteiger partial charge is 0.120 e. The van der Waals surface area contributed by atoms with Crippen molar-refractivity contribution < 1.29 is 5.11 Å². The van der Waals surface area contributed by atoms with E-state index in [9.17, 15) is 5.11 Å². The van der Waals surface area contributed by atoms with Gasteiger partial charge in [-0.3, -0.25) is 4.68 Å². The average molecular weight is 192 g/mol. The van der Waals surface area contributed by atoms with Gasteiger partial charge < -0.3 is 5.11 Å². The number of hydrogen-bond donors (Lipinski definition) is 1. The van der Waals surface area contributed by atoms with E-state index >= 15 is 0 Å². The summed E-state index contributed by atoms with van der Waals surface area (Å²) in [5.74, 6) is 5.72. The van der Waals surface area contributed by atoms with Gasteiger partial charge in [0.05, 0.1) is 11.3 Å². The Kier molecular flexibility index (Phi) is 2.97. The zero-order valence-corrected chi connectivity index (χ0v) is 9.13. The number of aromatic nitrogens is 2. The van der Waals surface area contributed by atoms with E-state index in [1.807, 2.05) is 20.2 Å². The van der Waals surface area contributed by atoms with E-state index in [-0.39, 0.29) is 0 Å². The molecule has 0 saturated carbocycles. The molecule has 3 nitrogen and oxygen atoms in total. The molecule has 0 saturated heterocycles. The minimum atomic E-state index is -0.944. The second-order valence-corrected chi connectivity index (χ2v) is 3.83. The molecule has 3 heteroatoms. The van der Waals surface area contributed by atoms with Crippen molar-refractivity contribution in [1.29, 1.82) is 0 Å². The Bertz CT molecular complexity index is 374. The van der Waals surface area contributed by atoms with Crippen LogP contribution in [-0.4, -0.2) is 20.5 Å². The van der Waals surface area contributed by atoms with E-state index < -0.39 is 5.60 Å².